The summed E-state index contributed by atoms with van der Waals surface area (Å²) in [7, 11) is 0. The average molecular weight is 307 g/mol. The largest absolute Gasteiger partial charge is 0.506 e. The Kier molecular flexibility index (Phi) is 3.34. The van der Waals surface area contributed by atoms with Gasteiger partial charge in [0.15, 0.2) is 0 Å². The van der Waals surface area contributed by atoms with E-state index in [2.05, 4.69) is 10.2 Å². The molecule has 1 aromatic heterocycles. The smallest absolute Gasteiger partial charge is 0.420 e. The van der Waals surface area contributed by atoms with E-state index in [1.807, 2.05) is 0 Å². The zero-order valence-corrected chi connectivity index (χ0v) is 10.2. The minimum Gasteiger partial charge on any atom is -0.506 e. The first-order chi connectivity index (χ1) is 9.20. The van der Waals surface area contributed by atoms with Gasteiger partial charge in [-0.15, -0.1) is 0 Å². The number of rotatable bonds is 2. The molecular weight excluding hydrogens is 301 g/mol. The zero-order valence-electron chi connectivity index (χ0n) is 9.49. The number of carboxylic acids is 1. The number of aromatic carboxylic acids is 1. The minimum atomic E-state index is -4.80. The van der Waals surface area contributed by atoms with Gasteiger partial charge in [-0.2, -0.15) is 18.3 Å². The second kappa shape index (κ2) is 4.71. The van der Waals surface area contributed by atoms with Gasteiger partial charge in [-0.3, -0.25) is 5.10 Å². The van der Waals surface area contributed by atoms with Crippen molar-refractivity contribution in [3.63, 3.8) is 0 Å². The van der Waals surface area contributed by atoms with Crippen LogP contribution in [-0.4, -0.2) is 26.4 Å². The Morgan fingerprint density at radius 1 is 1.30 bits per heavy atom. The molecule has 0 bridgehead atoms. The number of hydrogen-bond donors (Lipinski definition) is 3. The predicted octanol–water partition coefficient (Wildman–Crippen LogP) is 3.15. The second-order valence-corrected chi connectivity index (χ2v) is 4.23. The summed E-state index contributed by atoms with van der Waals surface area (Å²) in [5, 5.41) is 23.3. The number of aromatic nitrogens is 2. The standard InChI is InChI=1S/C11H6ClF3N2O3/c12-6-2-4(1-5(9(6)18)11(13,14)15)7-3-8(10(19)20)17-16-7/h1-3,18H,(H,16,17)(H,19,20). The number of phenols is 1. The van der Waals surface area contributed by atoms with Gasteiger partial charge in [0.25, 0.3) is 0 Å². The second-order valence-electron chi connectivity index (χ2n) is 3.82. The van der Waals surface area contributed by atoms with Gasteiger partial charge in [-0.1, -0.05) is 11.6 Å². The molecule has 5 nitrogen and oxygen atoms in total. The number of carbonyl (C=O) groups is 1. The molecule has 0 radical (unpaired) electrons. The van der Waals surface area contributed by atoms with Crippen molar-refractivity contribution in [1.29, 1.82) is 0 Å². The van der Waals surface area contributed by atoms with Crippen LogP contribution in [0.25, 0.3) is 11.3 Å². The maximum absolute atomic E-state index is 12.7. The first-order valence-corrected chi connectivity index (χ1v) is 5.46. The first-order valence-electron chi connectivity index (χ1n) is 5.09. The van der Waals surface area contributed by atoms with Crippen LogP contribution >= 0.6 is 11.6 Å². The number of halogens is 4. The molecule has 2 aromatic rings. The number of nitrogens with one attached hydrogen (secondary N) is 1. The lowest BCUT2D eigenvalue weighted by Gasteiger charge is -2.11. The summed E-state index contributed by atoms with van der Waals surface area (Å²) in [6.07, 6.45) is -4.80. The predicted molar refractivity (Wildman–Crippen MR) is 62.7 cm³/mol. The van der Waals surface area contributed by atoms with Crippen molar-refractivity contribution in [2.45, 2.75) is 6.18 Å². The van der Waals surface area contributed by atoms with E-state index in [4.69, 9.17) is 16.7 Å². The van der Waals surface area contributed by atoms with Crippen LogP contribution in [0, 0.1) is 0 Å². The highest BCUT2D eigenvalue weighted by Gasteiger charge is 2.35. The molecule has 0 amide bonds. The van der Waals surface area contributed by atoms with E-state index in [1.54, 1.807) is 0 Å². The molecular formula is C11H6ClF3N2O3. The van der Waals surface area contributed by atoms with E-state index in [0.717, 1.165) is 12.1 Å². The number of benzene rings is 1. The van der Waals surface area contributed by atoms with Crippen LogP contribution in [-0.2, 0) is 6.18 Å². The van der Waals surface area contributed by atoms with Crippen molar-refractivity contribution in [3.8, 4) is 17.0 Å². The molecule has 0 saturated carbocycles. The highest BCUT2D eigenvalue weighted by Crippen LogP contribution is 2.42. The quantitative estimate of drug-likeness (QED) is 0.795. The van der Waals surface area contributed by atoms with E-state index in [9.17, 15) is 23.1 Å². The summed E-state index contributed by atoms with van der Waals surface area (Å²) < 4.78 is 38.2. The Labute approximate surface area is 114 Å². The first kappa shape index (κ1) is 14.2. The highest BCUT2D eigenvalue weighted by atomic mass is 35.5. The third-order valence-corrected chi connectivity index (χ3v) is 2.76. The van der Waals surface area contributed by atoms with Gasteiger partial charge in [0.2, 0.25) is 0 Å². The highest BCUT2D eigenvalue weighted by molar-refractivity contribution is 6.32. The van der Waals surface area contributed by atoms with Gasteiger partial charge < -0.3 is 10.2 Å². The number of aromatic amines is 1. The Bertz CT molecular complexity index is 682. The third kappa shape index (κ3) is 2.55. The Morgan fingerprint density at radius 2 is 1.95 bits per heavy atom. The fraction of sp³-hybridized carbons (Fsp3) is 0.0909. The van der Waals surface area contributed by atoms with Crippen molar-refractivity contribution in [1.82, 2.24) is 10.2 Å². The minimum absolute atomic E-state index is 0.0326. The molecule has 2 rings (SSSR count). The van der Waals surface area contributed by atoms with Gasteiger partial charge in [0.1, 0.15) is 11.4 Å². The number of nitrogens with zero attached hydrogens (tertiary/aromatic N) is 1. The van der Waals surface area contributed by atoms with E-state index in [0.29, 0.717) is 6.07 Å². The molecule has 0 fully saturated rings. The number of H-pyrrole nitrogens is 1. The van der Waals surface area contributed by atoms with Crippen molar-refractivity contribution in [2.75, 3.05) is 0 Å². The molecule has 106 valence electrons. The number of phenolic OH excluding ortho intramolecular Hbond substituents is 1. The fourth-order valence-corrected chi connectivity index (χ4v) is 1.76. The number of alkyl halides is 3. The maximum atomic E-state index is 12.7. The molecule has 9 heteroatoms. The van der Waals surface area contributed by atoms with Gasteiger partial charge in [-0.25, -0.2) is 4.79 Å². The average Bonchev–Trinajstić information content (AvgIpc) is 2.80. The number of hydrogen-bond acceptors (Lipinski definition) is 3. The summed E-state index contributed by atoms with van der Waals surface area (Å²) in [4.78, 5) is 10.7. The summed E-state index contributed by atoms with van der Waals surface area (Å²) in [5.74, 6) is -2.39. The van der Waals surface area contributed by atoms with Crippen molar-refractivity contribution < 1.29 is 28.2 Å². The van der Waals surface area contributed by atoms with Crippen LogP contribution in [0.1, 0.15) is 16.1 Å². The summed E-state index contributed by atoms with van der Waals surface area (Å²) >= 11 is 5.54. The van der Waals surface area contributed by atoms with Crippen LogP contribution in [0.4, 0.5) is 13.2 Å². The molecule has 0 saturated heterocycles. The van der Waals surface area contributed by atoms with Crippen molar-refractivity contribution in [3.05, 3.63) is 34.5 Å². The van der Waals surface area contributed by atoms with Crippen LogP contribution in [0.5, 0.6) is 5.75 Å². The number of aromatic hydroxyl groups is 1. The molecule has 0 aliphatic rings. The molecule has 0 aliphatic heterocycles. The van der Waals surface area contributed by atoms with Crippen LogP contribution in [0.3, 0.4) is 0 Å². The molecule has 0 atom stereocenters. The van der Waals surface area contributed by atoms with Crippen molar-refractivity contribution in [2.24, 2.45) is 0 Å². The normalized spacial score (nSPS) is 11.6. The molecule has 20 heavy (non-hydrogen) atoms. The van der Waals surface area contributed by atoms with E-state index in [-0.39, 0.29) is 17.0 Å². The maximum Gasteiger partial charge on any atom is 0.420 e. The molecule has 1 heterocycles. The number of carboxylic acid groups (broad SMARTS) is 1. The molecule has 3 N–H and O–H groups in total. The molecule has 0 aliphatic carbocycles. The molecule has 0 unspecified atom stereocenters. The summed E-state index contributed by atoms with van der Waals surface area (Å²) in [6.45, 7) is 0. The third-order valence-electron chi connectivity index (χ3n) is 2.47. The Morgan fingerprint density at radius 3 is 2.45 bits per heavy atom. The zero-order chi connectivity index (χ0) is 15.1. The lowest BCUT2D eigenvalue weighted by atomic mass is 10.1. The summed E-state index contributed by atoms with van der Waals surface area (Å²) in [5.41, 5.74) is -1.70. The summed E-state index contributed by atoms with van der Waals surface area (Å²) in [6, 6.07) is 2.77. The monoisotopic (exact) mass is 306 g/mol. The Hall–Kier alpha value is -2.22. The lowest BCUT2D eigenvalue weighted by Crippen LogP contribution is -2.05. The van der Waals surface area contributed by atoms with Crippen LogP contribution < -0.4 is 0 Å². The van der Waals surface area contributed by atoms with Crippen LogP contribution in [0.15, 0.2) is 18.2 Å². The Balaban J connectivity index is 2.57. The topological polar surface area (TPSA) is 86.2 Å². The van der Waals surface area contributed by atoms with E-state index >= 15 is 0 Å². The fourth-order valence-electron chi connectivity index (χ4n) is 1.54. The van der Waals surface area contributed by atoms with Gasteiger partial charge in [-0.05, 0) is 18.2 Å². The van der Waals surface area contributed by atoms with Crippen LogP contribution in [0.2, 0.25) is 5.02 Å². The molecule has 0 spiro atoms. The molecule has 1 aromatic carbocycles. The van der Waals surface area contributed by atoms with Gasteiger partial charge in [0, 0.05) is 5.56 Å². The SMILES string of the molecule is O=C(O)c1cc(-c2cc(Cl)c(O)c(C(F)(F)F)c2)n[nH]1. The van der Waals surface area contributed by atoms with E-state index < -0.39 is 28.5 Å². The van der Waals surface area contributed by atoms with Crippen molar-refractivity contribution >= 4 is 17.6 Å². The van der Waals surface area contributed by atoms with Gasteiger partial charge in [0.05, 0.1) is 16.3 Å². The van der Waals surface area contributed by atoms with Gasteiger partial charge >= 0.3 is 12.1 Å². The van der Waals surface area contributed by atoms with E-state index in [1.165, 1.54) is 0 Å². The lowest BCUT2D eigenvalue weighted by molar-refractivity contribution is -0.138.